The number of hydrogen-bond acceptors (Lipinski definition) is 1. The normalized spacial score (nSPS) is 22.8. The molecule has 1 aromatic carbocycles. The lowest BCUT2D eigenvalue weighted by Crippen LogP contribution is -2.31. The van der Waals surface area contributed by atoms with Crippen molar-refractivity contribution in [3.63, 3.8) is 0 Å². The van der Waals surface area contributed by atoms with Crippen LogP contribution < -0.4 is 5.32 Å². The van der Waals surface area contributed by atoms with Crippen molar-refractivity contribution in [2.24, 2.45) is 5.41 Å². The molecule has 2 saturated carbocycles. The van der Waals surface area contributed by atoms with Crippen LogP contribution >= 0.6 is 27.5 Å². The Hall–Kier alpha value is -0.210. The second kappa shape index (κ2) is 5.65. The molecule has 3 rings (SSSR count). The molecule has 2 fully saturated rings. The van der Waals surface area contributed by atoms with Gasteiger partial charge in [-0.05, 0) is 78.1 Å². The molecule has 1 nitrogen and oxygen atoms in total. The molecule has 1 N–H and O–H groups in total. The molecule has 0 atom stereocenters. The van der Waals surface area contributed by atoms with E-state index in [2.05, 4.69) is 33.4 Å². The third-order valence-electron chi connectivity index (χ3n) is 5.00. The van der Waals surface area contributed by atoms with Gasteiger partial charge in [0.15, 0.2) is 0 Å². The molecule has 0 heterocycles. The van der Waals surface area contributed by atoms with E-state index in [1.54, 1.807) is 0 Å². The van der Waals surface area contributed by atoms with E-state index < -0.39 is 0 Å². The minimum Gasteiger partial charge on any atom is -0.382 e. The molecule has 0 bridgehead atoms. The zero-order chi connectivity index (χ0) is 13.3. The summed E-state index contributed by atoms with van der Waals surface area (Å²) in [5.41, 5.74) is 1.90. The average molecular weight is 343 g/mol. The van der Waals surface area contributed by atoms with E-state index in [0.717, 1.165) is 14.9 Å². The number of halogens is 2. The molecule has 104 valence electrons. The summed E-state index contributed by atoms with van der Waals surface area (Å²) in [7, 11) is 0. The fourth-order valence-corrected chi connectivity index (χ4v) is 4.32. The first kappa shape index (κ1) is 13.8. The molecule has 0 radical (unpaired) electrons. The van der Waals surface area contributed by atoms with Crippen LogP contribution in [0, 0.1) is 5.41 Å². The van der Waals surface area contributed by atoms with Crippen LogP contribution in [0.25, 0.3) is 0 Å². The van der Waals surface area contributed by atoms with Gasteiger partial charge in [-0.1, -0.05) is 24.4 Å². The van der Waals surface area contributed by atoms with Gasteiger partial charge >= 0.3 is 0 Å². The number of anilines is 1. The molecule has 1 spiro atoms. The van der Waals surface area contributed by atoms with Crippen molar-refractivity contribution in [1.82, 2.24) is 0 Å². The van der Waals surface area contributed by atoms with E-state index in [1.165, 1.54) is 57.1 Å². The first-order valence-corrected chi connectivity index (χ1v) is 8.56. The molecular formula is C16H21BrClN. The van der Waals surface area contributed by atoms with Crippen LogP contribution in [0.1, 0.15) is 51.4 Å². The van der Waals surface area contributed by atoms with Gasteiger partial charge in [0.2, 0.25) is 0 Å². The van der Waals surface area contributed by atoms with Crippen molar-refractivity contribution in [3.05, 3.63) is 27.7 Å². The predicted molar refractivity (Wildman–Crippen MR) is 85.9 cm³/mol. The largest absolute Gasteiger partial charge is 0.382 e. The number of rotatable bonds is 2. The number of hydrogen-bond donors (Lipinski definition) is 1. The van der Waals surface area contributed by atoms with Crippen LogP contribution in [0.3, 0.4) is 0 Å². The Morgan fingerprint density at radius 3 is 2.42 bits per heavy atom. The maximum Gasteiger partial charge on any atom is 0.0549 e. The van der Waals surface area contributed by atoms with Crippen molar-refractivity contribution in [2.75, 3.05) is 5.32 Å². The first-order chi connectivity index (χ1) is 9.17. The first-order valence-electron chi connectivity index (χ1n) is 7.39. The highest BCUT2D eigenvalue weighted by molar-refractivity contribution is 9.10. The van der Waals surface area contributed by atoms with Gasteiger partial charge < -0.3 is 5.32 Å². The smallest absolute Gasteiger partial charge is 0.0549 e. The fourth-order valence-electron chi connectivity index (χ4n) is 3.82. The Balaban J connectivity index is 1.58. The van der Waals surface area contributed by atoms with Crippen LogP contribution in [-0.2, 0) is 0 Å². The van der Waals surface area contributed by atoms with Crippen LogP contribution in [0.15, 0.2) is 22.7 Å². The average Bonchev–Trinajstić information content (AvgIpc) is 2.86. The predicted octanol–water partition coefficient (Wildman–Crippen LogP) is 6.02. The van der Waals surface area contributed by atoms with Crippen molar-refractivity contribution < 1.29 is 0 Å². The van der Waals surface area contributed by atoms with Crippen LogP contribution in [-0.4, -0.2) is 6.04 Å². The maximum atomic E-state index is 6.03. The van der Waals surface area contributed by atoms with E-state index >= 15 is 0 Å². The standard InChI is InChI=1S/C16H21BrClN/c17-14-11-13(3-4-15(14)18)19-12-5-9-16(10-6-12)7-1-2-8-16/h3-4,11-12,19H,1-2,5-10H2. The van der Waals surface area contributed by atoms with Crippen molar-refractivity contribution in [3.8, 4) is 0 Å². The molecule has 0 saturated heterocycles. The van der Waals surface area contributed by atoms with Gasteiger partial charge in [0.05, 0.1) is 5.02 Å². The fraction of sp³-hybridized carbons (Fsp3) is 0.625. The maximum absolute atomic E-state index is 6.03. The Labute approximate surface area is 129 Å². The van der Waals surface area contributed by atoms with Gasteiger partial charge in [-0.25, -0.2) is 0 Å². The third-order valence-corrected chi connectivity index (χ3v) is 6.21. The molecule has 0 amide bonds. The lowest BCUT2D eigenvalue weighted by Gasteiger charge is -2.37. The second-order valence-corrected chi connectivity index (χ2v) is 7.52. The van der Waals surface area contributed by atoms with E-state index in [-0.39, 0.29) is 0 Å². The van der Waals surface area contributed by atoms with Gasteiger partial charge in [0.1, 0.15) is 0 Å². The number of benzene rings is 1. The van der Waals surface area contributed by atoms with E-state index in [1.807, 2.05) is 6.07 Å². The Kier molecular flexibility index (Phi) is 4.09. The van der Waals surface area contributed by atoms with Gasteiger partial charge in [-0.2, -0.15) is 0 Å². The third kappa shape index (κ3) is 3.11. The van der Waals surface area contributed by atoms with Crippen LogP contribution in [0.4, 0.5) is 5.69 Å². The topological polar surface area (TPSA) is 12.0 Å². The molecule has 1 aromatic rings. The molecule has 0 unspecified atom stereocenters. The molecule has 19 heavy (non-hydrogen) atoms. The highest BCUT2D eigenvalue weighted by Crippen LogP contribution is 2.49. The SMILES string of the molecule is Clc1ccc(NC2CCC3(CCCC3)CC2)cc1Br. The van der Waals surface area contributed by atoms with Gasteiger partial charge in [0, 0.05) is 16.2 Å². The summed E-state index contributed by atoms with van der Waals surface area (Å²) in [5.74, 6) is 0. The second-order valence-electron chi connectivity index (χ2n) is 6.25. The Morgan fingerprint density at radius 2 is 1.79 bits per heavy atom. The van der Waals surface area contributed by atoms with E-state index in [0.29, 0.717) is 6.04 Å². The summed E-state index contributed by atoms with van der Waals surface area (Å²) in [4.78, 5) is 0. The summed E-state index contributed by atoms with van der Waals surface area (Å²) in [6.45, 7) is 0. The molecular weight excluding hydrogens is 322 g/mol. The van der Waals surface area contributed by atoms with Gasteiger partial charge in [-0.15, -0.1) is 0 Å². The lowest BCUT2D eigenvalue weighted by atomic mass is 9.71. The summed E-state index contributed by atoms with van der Waals surface area (Å²) in [5, 5.41) is 4.44. The minimum absolute atomic E-state index is 0.638. The van der Waals surface area contributed by atoms with Crippen LogP contribution in [0.2, 0.25) is 5.02 Å². The minimum atomic E-state index is 0.638. The Bertz CT molecular complexity index is 444. The van der Waals surface area contributed by atoms with Crippen molar-refractivity contribution in [1.29, 1.82) is 0 Å². The quantitative estimate of drug-likeness (QED) is 0.693. The molecule has 3 heteroatoms. The molecule has 0 aromatic heterocycles. The number of nitrogens with one attached hydrogen (secondary N) is 1. The van der Waals surface area contributed by atoms with Gasteiger partial charge in [-0.3, -0.25) is 0 Å². The van der Waals surface area contributed by atoms with Gasteiger partial charge in [0.25, 0.3) is 0 Å². The highest BCUT2D eigenvalue weighted by Gasteiger charge is 2.37. The zero-order valence-corrected chi connectivity index (χ0v) is 13.6. The monoisotopic (exact) mass is 341 g/mol. The molecule has 0 aliphatic heterocycles. The molecule has 2 aliphatic rings. The highest BCUT2D eigenvalue weighted by atomic mass is 79.9. The Morgan fingerprint density at radius 1 is 1.11 bits per heavy atom. The van der Waals surface area contributed by atoms with Crippen molar-refractivity contribution in [2.45, 2.75) is 57.4 Å². The summed E-state index contributed by atoms with van der Waals surface area (Å²) in [6.07, 6.45) is 11.3. The lowest BCUT2D eigenvalue weighted by molar-refractivity contribution is 0.188. The zero-order valence-electron chi connectivity index (χ0n) is 11.2. The van der Waals surface area contributed by atoms with E-state index in [9.17, 15) is 0 Å². The van der Waals surface area contributed by atoms with Crippen molar-refractivity contribution >= 4 is 33.2 Å². The van der Waals surface area contributed by atoms with Crippen LogP contribution in [0.5, 0.6) is 0 Å². The summed E-state index contributed by atoms with van der Waals surface area (Å²) < 4.78 is 0.974. The summed E-state index contributed by atoms with van der Waals surface area (Å²) in [6, 6.07) is 6.75. The molecule has 2 aliphatic carbocycles. The van der Waals surface area contributed by atoms with E-state index in [4.69, 9.17) is 11.6 Å². The summed E-state index contributed by atoms with van der Waals surface area (Å²) >= 11 is 9.52.